The van der Waals surface area contributed by atoms with Crippen molar-refractivity contribution in [3.05, 3.63) is 41.1 Å². The summed E-state index contributed by atoms with van der Waals surface area (Å²) in [6.45, 7) is 0. The number of amides is 4. The van der Waals surface area contributed by atoms with E-state index in [2.05, 4.69) is 10.6 Å². The standard InChI is InChI=1S/C15H12ClN3O4/c16-8-1-3-9(4-2-8)17-10-7-13(21)19(15(10)23)11-5-6-12(20)18-14(11)22/h1-4,7,11,17H,5-6H2,(H,18,20,22). The SMILES string of the molecule is O=C1CCC(N2C(=O)C=C(Nc3ccc(Cl)cc3)C2=O)C(=O)N1. The van der Waals surface area contributed by atoms with Gasteiger partial charge in [0.15, 0.2) is 0 Å². The van der Waals surface area contributed by atoms with Crippen molar-refractivity contribution in [3.63, 3.8) is 0 Å². The van der Waals surface area contributed by atoms with Crippen molar-refractivity contribution >= 4 is 40.9 Å². The fourth-order valence-corrected chi connectivity index (χ4v) is 2.61. The van der Waals surface area contributed by atoms with Gasteiger partial charge in [-0.15, -0.1) is 0 Å². The smallest absolute Gasteiger partial charge is 0.278 e. The number of halogens is 1. The van der Waals surface area contributed by atoms with E-state index in [-0.39, 0.29) is 18.5 Å². The Morgan fingerprint density at radius 2 is 1.83 bits per heavy atom. The second kappa shape index (κ2) is 5.85. The molecule has 118 valence electrons. The molecule has 2 aliphatic heterocycles. The third-order valence-electron chi connectivity index (χ3n) is 3.60. The highest BCUT2D eigenvalue weighted by Gasteiger charge is 2.42. The summed E-state index contributed by atoms with van der Waals surface area (Å²) < 4.78 is 0. The second-order valence-corrected chi connectivity index (χ2v) is 5.61. The number of carbonyl (C=O) groups excluding carboxylic acids is 4. The van der Waals surface area contributed by atoms with Gasteiger partial charge in [-0.1, -0.05) is 11.6 Å². The second-order valence-electron chi connectivity index (χ2n) is 5.17. The molecule has 1 aromatic carbocycles. The average molecular weight is 334 g/mol. The van der Waals surface area contributed by atoms with Gasteiger partial charge in [0, 0.05) is 23.2 Å². The molecule has 2 N–H and O–H groups in total. The van der Waals surface area contributed by atoms with Gasteiger partial charge in [0.1, 0.15) is 11.7 Å². The minimum absolute atomic E-state index is 0.0713. The lowest BCUT2D eigenvalue weighted by atomic mass is 10.0. The van der Waals surface area contributed by atoms with Crippen LogP contribution < -0.4 is 10.6 Å². The molecular weight excluding hydrogens is 322 g/mol. The Morgan fingerprint density at radius 1 is 1.13 bits per heavy atom. The Morgan fingerprint density at radius 3 is 2.48 bits per heavy atom. The van der Waals surface area contributed by atoms with Crippen molar-refractivity contribution in [3.8, 4) is 0 Å². The van der Waals surface area contributed by atoms with Gasteiger partial charge in [-0.2, -0.15) is 0 Å². The first kappa shape index (κ1) is 15.2. The van der Waals surface area contributed by atoms with E-state index >= 15 is 0 Å². The van der Waals surface area contributed by atoms with E-state index in [0.29, 0.717) is 10.7 Å². The van der Waals surface area contributed by atoms with Gasteiger partial charge in [-0.3, -0.25) is 29.4 Å². The van der Waals surface area contributed by atoms with Crippen LogP contribution in [0.2, 0.25) is 5.02 Å². The Bertz CT molecular complexity index is 742. The molecule has 1 aromatic rings. The summed E-state index contributed by atoms with van der Waals surface area (Å²) in [5.41, 5.74) is 0.661. The average Bonchev–Trinajstić information content (AvgIpc) is 2.77. The number of hydrogen-bond acceptors (Lipinski definition) is 5. The van der Waals surface area contributed by atoms with Crippen LogP contribution in [-0.4, -0.2) is 34.6 Å². The maximum atomic E-state index is 12.4. The number of piperidine rings is 1. The number of nitrogens with zero attached hydrogens (tertiary/aromatic N) is 1. The molecule has 1 saturated heterocycles. The predicted molar refractivity (Wildman–Crippen MR) is 81.2 cm³/mol. The Labute approximate surface area is 136 Å². The Kier molecular flexibility index (Phi) is 3.87. The van der Waals surface area contributed by atoms with Crippen LogP contribution in [0, 0.1) is 0 Å². The number of rotatable bonds is 3. The fourth-order valence-electron chi connectivity index (χ4n) is 2.49. The van der Waals surface area contributed by atoms with Crippen molar-refractivity contribution in [2.75, 3.05) is 5.32 Å². The first-order chi connectivity index (χ1) is 11.0. The highest BCUT2D eigenvalue weighted by molar-refractivity contribution is 6.30. The first-order valence-electron chi connectivity index (χ1n) is 6.91. The molecule has 0 spiro atoms. The molecule has 0 radical (unpaired) electrons. The van der Waals surface area contributed by atoms with Gasteiger partial charge in [-0.05, 0) is 30.7 Å². The van der Waals surface area contributed by atoms with Gasteiger partial charge in [0.25, 0.3) is 11.8 Å². The normalized spacial score (nSPS) is 21.3. The highest BCUT2D eigenvalue weighted by Crippen LogP contribution is 2.23. The van der Waals surface area contributed by atoms with Gasteiger partial charge < -0.3 is 5.32 Å². The van der Waals surface area contributed by atoms with Crippen molar-refractivity contribution in [2.24, 2.45) is 0 Å². The van der Waals surface area contributed by atoms with Crippen LogP contribution in [0.4, 0.5) is 5.69 Å². The number of benzene rings is 1. The molecule has 2 heterocycles. The molecule has 8 heteroatoms. The lowest BCUT2D eigenvalue weighted by Gasteiger charge is -2.28. The molecule has 0 aromatic heterocycles. The number of nitrogens with one attached hydrogen (secondary N) is 2. The summed E-state index contributed by atoms with van der Waals surface area (Å²) in [5.74, 6) is -2.22. The van der Waals surface area contributed by atoms with Crippen LogP contribution in [0.25, 0.3) is 0 Å². The molecule has 2 aliphatic rings. The molecule has 4 amide bonds. The topological polar surface area (TPSA) is 95.6 Å². The van der Waals surface area contributed by atoms with Gasteiger partial charge in [-0.25, -0.2) is 0 Å². The minimum Gasteiger partial charge on any atom is -0.351 e. The zero-order chi connectivity index (χ0) is 16.6. The van der Waals surface area contributed by atoms with Crippen LogP contribution in [-0.2, 0) is 19.2 Å². The van der Waals surface area contributed by atoms with E-state index in [1.165, 1.54) is 0 Å². The van der Waals surface area contributed by atoms with Crippen molar-refractivity contribution < 1.29 is 19.2 Å². The molecule has 0 saturated carbocycles. The monoisotopic (exact) mass is 333 g/mol. The van der Waals surface area contributed by atoms with Gasteiger partial charge in [0.2, 0.25) is 11.8 Å². The third-order valence-corrected chi connectivity index (χ3v) is 3.85. The molecule has 0 bridgehead atoms. The zero-order valence-corrected chi connectivity index (χ0v) is 12.6. The van der Waals surface area contributed by atoms with Gasteiger partial charge >= 0.3 is 0 Å². The summed E-state index contributed by atoms with van der Waals surface area (Å²) in [7, 11) is 0. The number of imide groups is 2. The largest absolute Gasteiger partial charge is 0.351 e. The van der Waals surface area contributed by atoms with Gasteiger partial charge in [0.05, 0.1) is 0 Å². The third kappa shape index (κ3) is 2.95. The van der Waals surface area contributed by atoms with Crippen molar-refractivity contribution in [1.29, 1.82) is 0 Å². The molecule has 1 unspecified atom stereocenters. The molecule has 7 nitrogen and oxygen atoms in total. The van der Waals surface area contributed by atoms with E-state index < -0.39 is 29.7 Å². The number of carbonyl (C=O) groups is 4. The lowest BCUT2D eigenvalue weighted by Crippen LogP contribution is -2.54. The van der Waals surface area contributed by atoms with Crippen LogP contribution in [0.15, 0.2) is 36.0 Å². The summed E-state index contributed by atoms with van der Waals surface area (Å²) in [6, 6.07) is 5.65. The summed E-state index contributed by atoms with van der Waals surface area (Å²) in [5, 5.41) is 5.51. The minimum atomic E-state index is -0.964. The highest BCUT2D eigenvalue weighted by atomic mass is 35.5. The predicted octanol–water partition coefficient (Wildman–Crippen LogP) is 0.810. The van der Waals surface area contributed by atoms with E-state index in [9.17, 15) is 19.2 Å². The van der Waals surface area contributed by atoms with Crippen molar-refractivity contribution in [1.82, 2.24) is 10.2 Å². The van der Waals surface area contributed by atoms with Crippen LogP contribution in [0.3, 0.4) is 0 Å². The summed E-state index contributed by atoms with van der Waals surface area (Å²) in [4.78, 5) is 48.4. The molecule has 1 fully saturated rings. The maximum absolute atomic E-state index is 12.4. The fraction of sp³-hybridized carbons (Fsp3) is 0.200. The number of anilines is 1. The molecule has 1 atom stereocenters. The van der Waals surface area contributed by atoms with E-state index in [1.807, 2.05) is 0 Å². The van der Waals surface area contributed by atoms with Crippen LogP contribution >= 0.6 is 11.6 Å². The molecular formula is C15H12ClN3O4. The molecule has 23 heavy (non-hydrogen) atoms. The number of hydrogen-bond donors (Lipinski definition) is 2. The maximum Gasteiger partial charge on any atom is 0.278 e. The Hall–Kier alpha value is -2.67. The lowest BCUT2D eigenvalue weighted by molar-refractivity contribution is -0.149. The van der Waals surface area contributed by atoms with E-state index in [1.54, 1.807) is 24.3 Å². The molecule has 3 rings (SSSR count). The van der Waals surface area contributed by atoms with Crippen molar-refractivity contribution in [2.45, 2.75) is 18.9 Å². The first-order valence-corrected chi connectivity index (χ1v) is 7.29. The molecule has 0 aliphatic carbocycles. The zero-order valence-electron chi connectivity index (χ0n) is 11.8. The van der Waals surface area contributed by atoms with E-state index in [0.717, 1.165) is 11.0 Å². The quantitative estimate of drug-likeness (QED) is 0.798. The van der Waals surface area contributed by atoms with Crippen LogP contribution in [0.5, 0.6) is 0 Å². The summed E-state index contributed by atoms with van der Waals surface area (Å²) >= 11 is 5.79. The van der Waals surface area contributed by atoms with E-state index in [4.69, 9.17) is 11.6 Å². The van der Waals surface area contributed by atoms with Crippen LogP contribution in [0.1, 0.15) is 12.8 Å². The summed E-state index contributed by atoms with van der Waals surface area (Å²) in [6.07, 6.45) is 1.36. The Balaban J connectivity index is 1.76.